The number of rotatable bonds is 5. The molecule has 1 aliphatic rings. The molecular weight excluding hydrogens is 322 g/mol. The molecule has 2 aromatic rings. The van der Waals surface area contributed by atoms with Crippen LogP contribution in [0.1, 0.15) is 29.5 Å². The van der Waals surface area contributed by atoms with E-state index in [-0.39, 0.29) is 11.8 Å². The van der Waals surface area contributed by atoms with E-state index in [9.17, 15) is 4.79 Å². The van der Waals surface area contributed by atoms with Crippen LogP contribution in [0.25, 0.3) is 0 Å². The van der Waals surface area contributed by atoms with Gasteiger partial charge in [-0.25, -0.2) is 0 Å². The molecule has 1 aliphatic heterocycles. The zero-order valence-corrected chi connectivity index (χ0v) is 15.2. The molecular formula is C22H25N3O. The van der Waals surface area contributed by atoms with Gasteiger partial charge in [0.15, 0.2) is 0 Å². The van der Waals surface area contributed by atoms with Gasteiger partial charge in [0.1, 0.15) is 0 Å². The second-order valence-corrected chi connectivity index (χ2v) is 7.08. The van der Waals surface area contributed by atoms with Gasteiger partial charge in [-0.05, 0) is 49.6 Å². The fourth-order valence-corrected chi connectivity index (χ4v) is 3.41. The minimum Gasteiger partial charge on any atom is -0.326 e. The Balaban J connectivity index is 1.55. The SMILES string of the molecule is Cc1ccc(CN2CCCC(C(=O)Nc3ccc(CC#N)cc3)C2)cc1. The number of anilines is 1. The monoisotopic (exact) mass is 347 g/mol. The van der Waals surface area contributed by atoms with Crippen LogP contribution < -0.4 is 5.32 Å². The molecule has 0 spiro atoms. The summed E-state index contributed by atoms with van der Waals surface area (Å²) >= 11 is 0. The van der Waals surface area contributed by atoms with Crippen LogP contribution in [0.2, 0.25) is 0 Å². The molecule has 2 aromatic carbocycles. The summed E-state index contributed by atoms with van der Waals surface area (Å²) in [6.07, 6.45) is 2.37. The molecule has 0 saturated carbocycles. The van der Waals surface area contributed by atoms with Gasteiger partial charge in [0.05, 0.1) is 18.4 Å². The normalized spacial score (nSPS) is 17.5. The third-order valence-electron chi connectivity index (χ3n) is 4.91. The van der Waals surface area contributed by atoms with Crippen molar-refractivity contribution in [3.05, 3.63) is 65.2 Å². The highest BCUT2D eigenvalue weighted by Gasteiger charge is 2.25. The van der Waals surface area contributed by atoms with Crippen LogP contribution in [0.5, 0.6) is 0 Å². The fraction of sp³-hybridized carbons (Fsp3) is 0.364. The Bertz CT molecular complexity index is 775. The zero-order valence-electron chi connectivity index (χ0n) is 15.2. The lowest BCUT2D eigenvalue weighted by Crippen LogP contribution is -2.40. The predicted octanol–water partition coefficient (Wildman–Crippen LogP) is 3.91. The van der Waals surface area contributed by atoms with Gasteiger partial charge < -0.3 is 5.32 Å². The maximum atomic E-state index is 12.6. The molecule has 0 bridgehead atoms. The van der Waals surface area contributed by atoms with Crippen molar-refractivity contribution in [2.24, 2.45) is 5.92 Å². The van der Waals surface area contributed by atoms with Gasteiger partial charge >= 0.3 is 0 Å². The van der Waals surface area contributed by atoms with Gasteiger partial charge in [-0.3, -0.25) is 9.69 Å². The van der Waals surface area contributed by atoms with Crippen LogP contribution in [-0.2, 0) is 17.8 Å². The molecule has 0 radical (unpaired) electrons. The Morgan fingerprint density at radius 3 is 2.54 bits per heavy atom. The molecule has 26 heavy (non-hydrogen) atoms. The quantitative estimate of drug-likeness (QED) is 0.892. The van der Waals surface area contributed by atoms with Gasteiger partial charge in [-0.15, -0.1) is 0 Å². The number of benzene rings is 2. The number of carbonyl (C=O) groups excluding carboxylic acids is 1. The lowest BCUT2D eigenvalue weighted by atomic mass is 9.96. The number of nitrogens with one attached hydrogen (secondary N) is 1. The first-order valence-corrected chi connectivity index (χ1v) is 9.18. The van der Waals surface area contributed by atoms with E-state index in [1.54, 1.807) is 0 Å². The van der Waals surface area contributed by atoms with E-state index >= 15 is 0 Å². The van der Waals surface area contributed by atoms with E-state index in [4.69, 9.17) is 5.26 Å². The summed E-state index contributed by atoms with van der Waals surface area (Å²) in [7, 11) is 0. The van der Waals surface area contributed by atoms with Crippen LogP contribution in [0.4, 0.5) is 5.69 Å². The topological polar surface area (TPSA) is 56.1 Å². The summed E-state index contributed by atoms with van der Waals surface area (Å²) < 4.78 is 0. The van der Waals surface area contributed by atoms with Gasteiger partial charge in [-0.1, -0.05) is 42.0 Å². The fourth-order valence-electron chi connectivity index (χ4n) is 3.41. The van der Waals surface area contributed by atoms with Crippen LogP contribution >= 0.6 is 0 Å². The molecule has 3 rings (SSSR count). The van der Waals surface area contributed by atoms with Crippen molar-refractivity contribution in [2.75, 3.05) is 18.4 Å². The number of carbonyl (C=O) groups is 1. The molecule has 1 amide bonds. The third-order valence-corrected chi connectivity index (χ3v) is 4.91. The van der Waals surface area contributed by atoms with Crippen LogP contribution in [0.15, 0.2) is 48.5 Å². The standard InChI is InChI=1S/C22H25N3O/c1-17-4-6-19(7-5-17)15-25-14-2-3-20(16-25)22(26)24-21-10-8-18(9-11-21)12-13-23/h4-11,20H,2-3,12,14-16H2,1H3,(H,24,26). The Hall–Kier alpha value is -2.64. The molecule has 1 atom stereocenters. The summed E-state index contributed by atoms with van der Waals surface area (Å²) in [4.78, 5) is 15.0. The molecule has 1 heterocycles. The second-order valence-electron chi connectivity index (χ2n) is 7.08. The Kier molecular flexibility index (Phi) is 6.04. The first-order valence-electron chi connectivity index (χ1n) is 9.18. The van der Waals surface area contributed by atoms with Crippen LogP contribution in [-0.4, -0.2) is 23.9 Å². The molecule has 1 saturated heterocycles. The van der Waals surface area contributed by atoms with Crippen molar-refractivity contribution in [1.82, 2.24) is 4.90 Å². The van der Waals surface area contributed by atoms with E-state index in [0.717, 1.165) is 43.7 Å². The van der Waals surface area contributed by atoms with Gasteiger partial charge in [0.25, 0.3) is 0 Å². The number of nitrogens with zero attached hydrogens (tertiary/aromatic N) is 2. The number of amides is 1. The van der Waals surface area contributed by atoms with Crippen molar-refractivity contribution < 1.29 is 4.79 Å². The zero-order chi connectivity index (χ0) is 18.4. The van der Waals surface area contributed by atoms with E-state index in [1.165, 1.54) is 11.1 Å². The van der Waals surface area contributed by atoms with E-state index in [0.29, 0.717) is 6.42 Å². The summed E-state index contributed by atoms with van der Waals surface area (Å²) in [5.41, 5.74) is 4.33. The molecule has 0 aromatic heterocycles. The van der Waals surface area contributed by atoms with Crippen molar-refractivity contribution in [2.45, 2.75) is 32.7 Å². The smallest absolute Gasteiger partial charge is 0.228 e. The first-order chi connectivity index (χ1) is 12.6. The maximum absolute atomic E-state index is 12.6. The average Bonchev–Trinajstić information content (AvgIpc) is 2.66. The molecule has 0 aliphatic carbocycles. The highest BCUT2D eigenvalue weighted by atomic mass is 16.1. The summed E-state index contributed by atoms with van der Waals surface area (Å²) in [6, 6.07) is 18.3. The van der Waals surface area contributed by atoms with E-state index in [1.807, 2.05) is 24.3 Å². The lowest BCUT2D eigenvalue weighted by molar-refractivity contribution is -0.121. The molecule has 1 N–H and O–H groups in total. The highest BCUT2D eigenvalue weighted by molar-refractivity contribution is 5.92. The summed E-state index contributed by atoms with van der Waals surface area (Å²) in [6.45, 7) is 4.83. The molecule has 1 unspecified atom stereocenters. The van der Waals surface area contributed by atoms with Crippen molar-refractivity contribution in [3.8, 4) is 6.07 Å². The van der Waals surface area contributed by atoms with Gasteiger partial charge in [0.2, 0.25) is 5.91 Å². The van der Waals surface area contributed by atoms with Crippen LogP contribution in [0.3, 0.4) is 0 Å². The molecule has 4 nitrogen and oxygen atoms in total. The lowest BCUT2D eigenvalue weighted by Gasteiger charge is -2.32. The number of hydrogen-bond acceptors (Lipinski definition) is 3. The van der Waals surface area contributed by atoms with Gasteiger partial charge in [-0.2, -0.15) is 5.26 Å². The minimum atomic E-state index is 0.0213. The number of likely N-dealkylation sites (tertiary alicyclic amines) is 1. The molecule has 4 heteroatoms. The Labute approximate surface area is 155 Å². The van der Waals surface area contributed by atoms with Crippen molar-refractivity contribution >= 4 is 11.6 Å². The Morgan fingerprint density at radius 2 is 1.85 bits per heavy atom. The second kappa shape index (κ2) is 8.64. The average molecular weight is 347 g/mol. The van der Waals surface area contributed by atoms with Crippen molar-refractivity contribution in [3.63, 3.8) is 0 Å². The van der Waals surface area contributed by atoms with Crippen LogP contribution in [0, 0.1) is 24.2 Å². The number of aryl methyl sites for hydroxylation is 1. The molecule has 134 valence electrons. The Morgan fingerprint density at radius 1 is 1.15 bits per heavy atom. The van der Waals surface area contributed by atoms with Crippen molar-refractivity contribution in [1.29, 1.82) is 5.26 Å². The summed E-state index contributed by atoms with van der Waals surface area (Å²) in [5.74, 6) is 0.111. The van der Waals surface area contributed by atoms with Gasteiger partial charge in [0, 0.05) is 18.8 Å². The number of hydrogen-bond donors (Lipinski definition) is 1. The number of piperidine rings is 1. The van der Waals surface area contributed by atoms with E-state index in [2.05, 4.69) is 47.5 Å². The molecule has 1 fully saturated rings. The summed E-state index contributed by atoms with van der Waals surface area (Å²) in [5, 5.41) is 11.7. The largest absolute Gasteiger partial charge is 0.326 e. The number of nitriles is 1. The predicted molar refractivity (Wildman–Crippen MR) is 104 cm³/mol. The van der Waals surface area contributed by atoms with E-state index < -0.39 is 0 Å². The third kappa shape index (κ3) is 4.93. The minimum absolute atomic E-state index is 0.0213. The first kappa shape index (κ1) is 18.2. The maximum Gasteiger partial charge on any atom is 0.228 e. The highest BCUT2D eigenvalue weighted by Crippen LogP contribution is 2.21.